The Morgan fingerprint density at radius 1 is 1.20 bits per heavy atom. The topological polar surface area (TPSA) is 25.8 Å². The van der Waals surface area contributed by atoms with Gasteiger partial charge in [0.2, 0.25) is 0 Å². The maximum absolute atomic E-state index is 5.65. The first-order valence-corrected chi connectivity index (χ1v) is 7.11. The molecule has 0 bridgehead atoms. The van der Waals surface area contributed by atoms with Gasteiger partial charge in [-0.15, -0.1) is 33.1 Å². The summed E-state index contributed by atoms with van der Waals surface area (Å²) in [4.78, 5) is 0. The van der Waals surface area contributed by atoms with E-state index in [4.69, 9.17) is 11.6 Å². The summed E-state index contributed by atoms with van der Waals surface area (Å²) in [5, 5.41) is 10.8. The maximum atomic E-state index is 5.65. The summed E-state index contributed by atoms with van der Waals surface area (Å²) in [7, 11) is 0. The van der Waals surface area contributed by atoms with Gasteiger partial charge in [0.15, 0.2) is 0 Å². The van der Waals surface area contributed by atoms with Crippen LogP contribution < -0.4 is 0 Å². The van der Waals surface area contributed by atoms with Gasteiger partial charge >= 0.3 is 0 Å². The van der Waals surface area contributed by atoms with Gasteiger partial charge in [-0.25, -0.2) is 0 Å². The fourth-order valence-electron chi connectivity index (χ4n) is 2.15. The van der Waals surface area contributed by atoms with Crippen molar-refractivity contribution < 1.29 is 0 Å². The largest absolute Gasteiger partial charge is 0.144 e. The number of hydrogen-bond acceptors (Lipinski definition) is 3. The van der Waals surface area contributed by atoms with Gasteiger partial charge in [-0.05, 0) is 12.3 Å². The molecule has 1 aromatic heterocycles. The van der Waals surface area contributed by atoms with Crippen molar-refractivity contribution in [1.82, 2.24) is 10.2 Å². The lowest BCUT2D eigenvalue weighted by Crippen LogP contribution is -1.97. The van der Waals surface area contributed by atoms with E-state index >= 15 is 0 Å². The van der Waals surface area contributed by atoms with Gasteiger partial charge in [0.25, 0.3) is 0 Å². The van der Waals surface area contributed by atoms with E-state index in [1.807, 2.05) is 0 Å². The molecule has 0 aliphatic heterocycles. The lowest BCUT2D eigenvalue weighted by atomic mass is 10.1. The van der Waals surface area contributed by atoms with E-state index in [9.17, 15) is 0 Å². The first-order valence-electron chi connectivity index (χ1n) is 5.75. The minimum Gasteiger partial charge on any atom is -0.144 e. The molecule has 4 heteroatoms. The molecule has 0 spiro atoms. The highest BCUT2D eigenvalue weighted by Gasteiger charge is 2.17. The van der Waals surface area contributed by atoms with Crippen LogP contribution in [0.3, 0.4) is 0 Å². The molecule has 1 saturated carbocycles. The first-order chi connectivity index (χ1) is 7.38. The van der Waals surface area contributed by atoms with Gasteiger partial charge in [0.05, 0.1) is 0 Å². The van der Waals surface area contributed by atoms with E-state index in [0.717, 1.165) is 36.1 Å². The monoisotopic (exact) mass is 244 g/mol. The molecule has 0 N–H and O–H groups in total. The van der Waals surface area contributed by atoms with Gasteiger partial charge < -0.3 is 0 Å². The van der Waals surface area contributed by atoms with E-state index in [1.54, 1.807) is 11.3 Å². The second kappa shape index (κ2) is 5.80. The number of aryl methyl sites for hydroxylation is 1. The molecule has 2 nitrogen and oxygen atoms in total. The van der Waals surface area contributed by atoms with Crippen LogP contribution in [0.2, 0.25) is 0 Å². The molecule has 0 radical (unpaired) electrons. The molecule has 0 aromatic carbocycles. The molecule has 84 valence electrons. The molecule has 1 aliphatic carbocycles. The Balaban J connectivity index is 1.83. The summed E-state index contributed by atoms with van der Waals surface area (Å²) in [5.41, 5.74) is 0. The molecule has 1 fully saturated rings. The van der Waals surface area contributed by atoms with Crippen molar-refractivity contribution in [3.05, 3.63) is 10.0 Å². The molecular formula is C11H17ClN2S. The van der Waals surface area contributed by atoms with Gasteiger partial charge in [-0.3, -0.25) is 0 Å². The fraction of sp³-hybridized carbons (Fsp3) is 0.818. The smallest absolute Gasteiger partial charge is 0.117 e. The second-order valence-electron chi connectivity index (χ2n) is 4.24. The van der Waals surface area contributed by atoms with Crippen molar-refractivity contribution in [1.29, 1.82) is 0 Å². The average molecular weight is 245 g/mol. The Labute approximate surface area is 100 Å². The van der Waals surface area contributed by atoms with E-state index in [1.165, 1.54) is 30.7 Å². The Kier molecular flexibility index (Phi) is 4.39. The molecule has 2 rings (SSSR count). The Morgan fingerprint density at radius 3 is 2.67 bits per heavy atom. The summed E-state index contributed by atoms with van der Waals surface area (Å²) in [6, 6.07) is 0. The molecule has 1 aromatic rings. The Bertz CT molecular complexity index is 295. The number of halogens is 1. The van der Waals surface area contributed by atoms with Gasteiger partial charge in [0, 0.05) is 18.7 Å². The van der Waals surface area contributed by atoms with E-state index in [-0.39, 0.29) is 0 Å². The van der Waals surface area contributed by atoms with Gasteiger partial charge in [-0.1, -0.05) is 25.7 Å². The number of hydrogen-bond donors (Lipinski definition) is 0. The summed E-state index contributed by atoms with van der Waals surface area (Å²) in [6.07, 6.45) is 8.74. The van der Waals surface area contributed by atoms with Crippen LogP contribution in [0.15, 0.2) is 0 Å². The Morgan fingerprint density at radius 2 is 1.93 bits per heavy atom. The summed E-state index contributed by atoms with van der Waals surface area (Å²) in [5.74, 6) is 1.59. The second-order valence-corrected chi connectivity index (χ2v) is 5.76. The number of nitrogens with zero attached hydrogens (tertiary/aromatic N) is 2. The van der Waals surface area contributed by atoms with Crippen LogP contribution in [-0.4, -0.2) is 16.1 Å². The summed E-state index contributed by atoms with van der Waals surface area (Å²) >= 11 is 7.43. The standard InChI is InChI=1S/C11H17ClN2S/c12-7-3-6-10-13-14-11(15-10)8-9-4-1-2-5-9/h9H,1-8H2. The zero-order chi connectivity index (χ0) is 10.5. The number of aromatic nitrogens is 2. The maximum Gasteiger partial charge on any atom is 0.117 e. The zero-order valence-corrected chi connectivity index (χ0v) is 10.5. The van der Waals surface area contributed by atoms with E-state index < -0.39 is 0 Å². The molecule has 0 unspecified atom stereocenters. The average Bonchev–Trinajstić information content (AvgIpc) is 2.87. The van der Waals surface area contributed by atoms with Crippen LogP contribution in [0.1, 0.15) is 42.1 Å². The van der Waals surface area contributed by atoms with Crippen molar-refractivity contribution in [3.63, 3.8) is 0 Å². The van der Waals surface area contributed by atoms with Crippen molar-refractivity contribution in [3.8, 4) is 0 Å². The normalized spacial score (nSPS) is 17.4. The minimum absolute atomic E-state index is 0.720. The predicted molar refractivity (Wildman–Crippen MR) is 64.6 cm³/mol. The molecule has 1 heterocycles. The lowest BCUT2D eigenvalue weighted by Gasteiger charge is -2.03. The highest BCUT2D eigenvalue weighted by atomic mass is 35.5. The fourth-order valence-corrected chi connectivity index (χ4v) is 3.29. The van der Waals surface area contributed by atoms with Crippen LogP contribution in [-0.2, 0) is 12.8 Å². The third-order valence-electron chi connectivity index (χ3n) is 2.97. The van der Waals surface area contributed by atoms with E-state index in [2.05, 4.69) is 10.2 Å². The van der Waals surface area contributed by atoms with Crippen LogP contribution in [0.4, 0.5) is 0 Å². The Hall–Kier alpha value is -0.150. The minimum atomic E-state index is 0.720. The van der Waals surface area contributed by atoms with Crippen LogP contribution in [0.25, 0.3) is 0 Å². The quantitative estimate of drug-likeness (QED) is 0.742. The molecule has 1 aliphatic rings. The van der Waals surface area contributed by atoms with Crippen molar-refractivity contribution in [2.75, 3.05) is 5.88 Å². The predicted octanol–water partition coefficient (Wildman–Crippen LogP) is 3.44. The third kappa shape index (κ3) is 3.42. The third-order valence-corrected chi connectivity index (χ3v) is 4.24. The van der Waals surface area contributed by atoms with Crippen molar-refractivity contribution in [2.24, 2.45) is 5.92 Å². The van der Waals surface area contributed by atoms with Crippen molar-refractivity contribution >= 4 is 22.9 Å². The number of rotatable bonds is 5. The summed E-state index contributed by atoms with van der Waals surface area (Å²) in [6.45, 7) is 0. The zero-order valence-electron chi connectivity index (χ0n) is 8.91. The molecule has 15 heavy (non-hydrogen) atoms. The van der Waals surface area contributed by atoms with Gasteiger partial charge in [-0.2, -0.15) is 0 Å². The highest BCUT2D eigenvalue weighted by molar-refractivity contribution is 7.11. The number of alkyl halides is 1. The SMILES string of the molecule is ClCCCc1nnc(CC2CCCC2)s1. The van der Waals surface area contributed by atoms with Crippen LogP contribution in [0, 0.1) is 5.92 Å². The molecule has 0 saturated heterocycles. The molecule has 0 amide bonds. The lowest BCUT2D eigenvalue weighted by molar-refractivity contribution is 0.542. The first kappa shape index (κ1) is 11.3. The molecule has 0 atom stereocenters. The van der Waals surface area contributed by atoms with Crippen LogP contribution >= 0.6 is 22.9 Å². The van der Waals surface area contributed by atoms with Gasteiger partial charge in [0.1, 0.15) is 10.0 Å². The molecular weight excluding hydrogens is 228 g/mol. The van der Waals surface area contributed by atoms with Crippen molar-refractivity contribution in [2.45, 2.75) is 44.9 Å². The van der Waals surface area contributed by atoms with E-state index in [0.29, 0.717) is 0 Å². The summed E-state index contributed by atoms with van der Waals surface area (Å²) < 4.78 is 0. The van der Waals surface area contributed by atoms with Crippen LogP contribution in [0.5, 0.6) is 0 Å². The highest BCUT2D eigenvalue weighted by Crippen LogP contribution is 2.28.